The van der Waals surface area contributed by atoms with Gasteiger partial charge in [-0.15, -0.1) is 11.3 Å². The molecule has 1 aromatic heterocycles. The van der Waals surface area contributed by atoms with Crippen LogP contribution < -0.4 is 0 Å². The van der Waals surface area contributed by atoms with Gasteiger partial charge < -0.3 is 4.74 Å². The normalized spacial score (nSPS) is 12.6. The van der Waals surface area contributed by atoms with E-state index in [1.54, 1.807) is 11.3 Å². The number of carbonyl (C=O) groups is 1. The number of hydrogen-bond acceptors (Lipinski definition) is 3. The first-order valence-electron chi connectivity index (χ1n) is 5.79. The van der Waals surface area contributed by atoms with Gasteiger partial charge in [-0.2, -0.15) is 0 Å². The zero-order chi connectivity index (χ0) is 12.3. The molecule has 0 saturated heterocycles. The molecule has 1 heterocycles. The van der Waals surface area contributed by atoms with Crippen LogP contribution in [0.5, 0.6) is 0 Å². The van der Waals surface area contributed by atoms with E-state index < -0.39 is 0 Å². The van der Waals surface area contributed by atoms with E-state index in [1.807, 2.05) is 19.1 Å². The first-order chi connectivity index (χ1) is 8.26. The Labute approximate surface area is 105 Å². The number of fused-ring (bicyclic) bond motifs is 1. The van der Waals surface area contributed by atoms with E-state index in [2.05, 4.69) is 17.5 Å². The van der Waals surface area contributed by atoms with Crippen molar-refractivity contribution < 1.29 is 9.53 Å². The predicted molar refractivity (Wildman–Crippen MR) is 71.3 cm³/mol. The SMILES string of the molecule is CCC(Cc1csc2ccccc12)C(=O)OC. The second-order valence-electron chi connectivity index (χ2n) is 4.09. The lowest BCUT2D eigenvalue weighted by Crippen LogP contribution is -2.17. The highest BCUT2D eigenvalue weighted by atomic mass is 32.1. The summed E-state index contributed by atoms with van der Waals surface area (Å²) in [6.07, 6.45) is 1.59. The minimum Gasteiger partial charge on any atom is -0.469 e. The molecule has 1 unspecified atom stereocenters. The van der Waals surface area contributed by atoms with Crippen LogP contribution in [0.3, 0.4) is 0 Å². The highest BCUT2D eigenvalue weighted by Crippen LogP contribution is 2.28. The molecule has 0 aliphatic heterocycles. The van der Waals surface area contributed by atoms with E-state index in [-0.39, 0.29) is 11.9 Å². The largest absolute Gasteiger partial charge is 0.469 e. The second kappa shape index (κ2) is 5.32. The molecule has 0 N–H and O–H groups in total. The number of benzene rings is 1. The minimum atomic E-state index is -0.109. The molecule has 90 valence electrons. The van der Waals surface area contributed by atoms with Crippen molar-refractivity contribution in [3.63, 3.8) is 0 Å². The van der Waals surface area contributed by atoms with Gasteiger partial charge >= 0.3 is 5.97 Å². The van der Waals surface area contributed by atoms with Crippen molar-refractivity contribution in [3.05, 3.63) is 35.2 Å². The van der Waals surface area contributed by atoms with E-state index in [0.29, 0.717) is 0 Å². The lowest BCUT2D eigenvalue weighted by atomic mass is 9.97. The summed E-state index contributed by atoms with van der Waals surface area (Å²) >= 11 is 1.73. The maximum atomic E-state index is 11.6. The maximum absolute atomic E-state index is 11.6. The van der Waals surface area contributed by atoms with Gasteiger partial charge in [0.1, 0.15) is 0 Å². The van der Waals surface area contributed by atoms with E-state index >= 15 is 0 Å². The lowest BCUT2D eigenvalue weighted by Gasteiger charge is -2.11. The highest BCUT2D eigenvalue weighted by Gasteiger charge is 2.18. The minimum absolute atomic E-state index is 0.0296. The summed E-state index contributed by atoms with van der Waals surface area (Å²) in [5, 5.41) is 3.41. The monoisotopic (exact) mass is 248 g/mol. The van der Waals surface area contributed by atoms with Gasteiger partial charge in [-0.25, -0.2) is 0 Å². The Morgan fingerprint density at radius 3 is 2.88 bits per heavy atom. The predicted octanol–water partition coefficient (Wildman–Crippen LogP) is 3.64. The summed E-state index contributed by atoms with van der Waals surface area (Å²) in [4.78, 5) is 11.6. The van der Waals surface area contributed by atoms with E-state index in [1.165, 1.54) is 22.8 Å². The Hall–Kier alpha value is -1.35. The second-order valence-corrected chi connectivity index (χ2v) is 5.00. The molecule has 0 spiro atoms. The molecular formula is C14H16O2S. The number of carbonyl (C=O) groups excluding carboxylic acids is 1. The van der Waals surface area contributed by atoms with Crippen LogP contribution in [0.25, 0.3) is 10.1 Å². The average Bonchev–Trinajstić information content (AvgIpc) is 2.78. The summed E-state index contributed by atoms with van der Waals surface area (Å²) < 4.78 is 6.11. The van der Waals surface area contributed by atoms with Crippen LogP contribution in [0.2, 0.25) is 0 Å². The van der Waals surface area contributed by atoms with Gasteiger partial charge in [0.2, 0.25) is 0 Å². The number of thiophene rings is 1. The number of methoxy groups -OCH3 is 1. The van der Waals surface area contributed by atoms with Crippen LogP contribution in [0.15, 0.2) is 29.6 Å². The molecule has 0 radical (unpaired) electrons. The topological polar surface area (TPSA) is 26.3 Å². The van der Waals surface area contributed by atoms with Crippen molar-refractivity contribution in [2.75, 3.05) is 7.11 Å². The van der Waals surface area contributed by atoms with Crippen molar-refractivity contribution in [2.45, 2.75) is 19.8 Å². The van der Waals surface area contributed by atoms with Gasteiger partial charge in [0.25, 0.3) is 0 Å². The molecular weight excluding hydrogens is 232 g/mol. The van der Waals surface area contributed by atoms with Crippen molar-refractivity contribution in [3.8, 4) is 0 Å². The number of ether oxygens (including phenoxy) is 1. The highest BCUT2D eigenvalue weighted by molar-refractivity contribution is 7.17. The van der Waals surface area contributed by atoms with Crippen LogP contribution >= 0.6 is 11.3 Å². The van der Waals surface area contributed by atoms with Crippen molar-refractivity contribution >= 4 is 27.4 Å². The van der Waals surface area contributed by atoms with Gasteiger partial charge in [0, 0.05) is 4.70 Å². The Balaban J connectivity index is 2.25. The Morgan fingerprint density at radius 1 is 1.41 bits per heavy atom. The fourth-order valence-electron chi connectivity index (χ4n) is 2.02. The summed E-state index contributed by atoms with van der Waals surface area (Å²) in [5.74, 6) is -0.138. The van der Waals surface area contributed by atoms with Crippen molar-refractivity contribution in [2.24, 2.45) is 5.92 Å². The van der Waals surface area contributed by atoms with Gasteiger partial charge in [-0.1, -0.05) is 25.1 Å². The standard InChI is InChI=1S/C14H16O2S/c1-3-10(14(15)16-2)8-11-9-17-13-7-5-4-6-12(11)13/h4-7,9-10H,3,8H2,1-2H3. The maximum Gasteiger partial charge on any atom is 0.308 e. The molecule has 2 nitrogen and oxygen atoms in total. The average molecular weight is 248 g/mol. The smallest absolute Gasteiger partial charge is 0.308 e. The molecule has 0 bridgehead atoms. The summed E-state index contributed by atoms with van der Waals surface area (Å²) in [6, 6.07) is 8.31. The quantitative estimate of drug-likeness (QED) is 0.772. The molecule has 17 heavy (non-hydrogen) atoms. The van der Waals surface area contributed by atoms with Gasteiger partial charge in [0.05, 0.1) is 13.0 Å². The summed E-state index contributed by atoms with van der Waals surface area (Å²) in [6.45, 7) is 2.02. The van der Waals surface area contributed by atoms with E-state index in [0.717, 1.165) is 12.8 Å². The van der Waals surface area contributed by atoms with Crippen LogP contribution in [-0.4, -0.2) is 13.1 Å². The molecule has 0 aliphatic carbocycles. The number of esters is 1. The molecule has 0 aliphatic rings. The lowest BCUT2D eigenvalue weighted by molar-refractivity contribution is -0.145. The molecule has 2 rings (SSSR count). The van der Waals surface area contributed by atoms with Gasteiger partial charge in [0.15, 0.2) is 0 Å². The third kappa shape index (κ3) is 2.50. The summed E-state index contributed by atoms with van der Waals surface area (Å²) in [5.41, 5.74) is 1.25. The third-order valence-electron chi connectivity index (χ3n) is 3.05. The van der Waals surface area contributed by atoms with Gasteiger partial charge in [-0.05, 0) is 35.2 Å². The first kappa shape index (κ1) is 12.1. The van der Waals surface area contributed by atoms with Crippen LogP contribution in [0.1, 0.15) is 18.9 Å². The number of hydrogen-bond donors (Lipinski definition) is 0. The Morgan fingerprint density at radius 2 is 2.18 bits per heavy atom. The van der Waals surface area contributed by atoms with Crippen LogP contribution in [0.4, 0.5) is 0 Å². The van der Waals surface area contributed by atoms with Crippen molar-refractivity contribution in [1.29, 1.82) is 0 Å². The van der Waals surface area contributed by atoms with Crippen LogP contribution in [0, 0.1) is 5.92 Å². The molecule has 0 amide bonds. The summed E-state index contributed by atoms with van der Waals surface area (Å²) in [7, 11) is 1.46. The molecule has 0 fully saturated rings. The van der Waals surface area contributed by atoms with Gasteiger partial charge in [-0.3, -0.25) is 4.79 Å². The zero-order valence-electron chi connectivity index (χ0n) is 10.1. The molecule has 1 aromatic carbocycles. The molecule has 0 saturated carbocycles. The molecule has 2 aromatic rings. The fraction of sp³-hybridized carbons (Fsp3) is 0.357. The zero-order valence-corrected chi connectivity index (χ0v) is 10.9. The Bertz CT molecular complexity index is 516. The van der Waals surface area contributed by atoms with E-state index in [9.17, 15) is 4.79 Å². The first-order valence-corrected chi connectivity index (χ1v) is 6.67. The number of rotatable bonds is 4. The molecule has 3 heteroatoms. The third-order valence-corrected chi connectivity index (χ3v) is 4.07. The van der Waals surface area contributed by atoms with E-state index in [4.69, 9.17) is 4.74 Å². The van der Waals surface area contributed by atoms with Crippen molar-refractivity contribution in [1.82, 2.24) is 0 Å². The van der Waals surface area contributed by atoms with Crippen LogP contribution in [-0.2, 0) is 16.0 Å². The fourth-order valence-corrected chi connectivity index (χ4v) is 2.99. The molecule has 1 atom stereocenters. The Kier molecular flexibility index (Phi) is 3.79.